The monoisotopic (exact) mass is 360 g/mol. The van der Waals surface area contributed by atoms with Crippen LogP contribution < -0.4 is 4.90 Å². The van der Waals surface area contributed by atoms with Crippen LogP contribution in [0.2, 0.25) is 0 Å². The zero-order chi connectivity index (χ0) is 13.3. The Morgan fingerprint density at radius 3 is 2.56 bits per heavy atom. The van der Waals surface area contributed by atoms with Gasteiger partial charge in [-0.1, -0.05) is 0 Å². The summed E-state index contributed by atoms with van der Waals surface area (Å²) in [6.45, 7) is 5.43. The van der Waals surface area contributed by atoms with Crippen LogP contribution in [0.3, 0.4) is 0 Å². The van der Waals surface area contributed by atoms with Gasteiger partial charge in [0.25, 0.3) is 0 Å². The van der Waals surface area contributed by atoms with Crippen molar-refractivity contribution in [2.75, 3.05) is 18.0 Å². The number of nitrogens with zero attached hydrogens (tertiary/aromatic N) is 2. The Hall–Kier alpha value is -0.870. The predicted octanol–water partition coefficient (Wildman–Crippen LogP) is 2.92. The van der Waals surface area contributed by atoms with Gasteiger partial charge < -0.3 is 9.64 Å². The molecule has 1 aromatic carbocycles. The maximum Gasteiger partial charge on any atom is 0.139 e. The van der Waals surface area contributed by atoms with Gasteiger partial charge in [-0.2, -0.15) is 5.26 Å². The van der Waals surface area contributed by atoms with Crippen LogP contribution in [0.4, 0.5) is 10.1 Å². The SMILES string of the molecule is C[C@@H]1CN(c2cc(F)c(I)c(C#N)c2)C[C@H](C)O1. The van der Waals surface area contributed by atoms with Crippen LogP contribution in [-0.2, 0) is 4.74 Å². The van der Waals surface area contributed by atoms with Gasteiger partial charge in [-0.05, 0) is 48.6 Å². The fourth-order valence-corrected chi connectivity index (χ4v) is 2.66. The van der Waals surface area contributed by atoms with Gasteiger partial charge in [0.1, 0.15) is 11.9 Å². The van der Waals surface area contributed by atoms with Crippen molar-refractivity contribution < 1.29 is 9.13 Å². The lowest BCUT2D eigenvalue weighted by molar-refractivity contribution is -0.00523. The molecule has 1 heterocycles. The number of hydrogen-bond acceptors (Lipinski definition) is 3. The van der Waals surface area contributed by atoms with E-state index >= 15 is 0 Å². The van der Waals surface area contributed by atoms with Gasteiger partial charge in [-0.25, -0.2) is 4.39 Å². The summed E-state index contributed by atoms with van der Waals surface area (Å²) in [6, 6.07) is 5.27. The molecule has 1 saturated heterocycles. The normalized spacial score (nSPS) is 23.8. The van der Waals surface area contributed by atoms with Gasteiger partial charge in [-0.15, -0.1) is 0 Å². The molecular weight excluding hydrogens is 346 g/mol. The summed E-state index contributed by atoms with van der Waals surface area (Å²) in [4.78, 5) is 2.07. The van der Waals surface area contributed by atoms with Gasteiger partial charge in [0, 0.05) is 18.8 Å². The van der Waals surface area contributed by atoms with Gasteiger partial charge in [0.15, 0.2) is 0 Å². The molecule has 0 bridgehead atoms. The number of hydrogen-bond donors (Lipinski definition) is 0. The van der Waals surface area contributed by atoms with Gasteiger partial charge in [0.2, 0.25) is 0 Å². The van der Waals surface area contributed by atoms with Crippen LogP contribution in [0.5, 0.6) is 0 Å². The van der Waals surface area contributed by atoms with Crippen molar-refractivity contribution in [2.24, 2.45) is 0 Å². The average molecular weight is 360 g/mol. The third-order valence-corrected chi connectivity index (χ3v) is 4.01. The molecule has 2 rings (SSSR count). The molecule has 3 nitrogen and oxygen atoms in total. The summed E-state index contributed by atoms with van der Waals surface area (Å²) in [5, 5.41) is 9.00. The molecule has 5 heteroatoms. The minimum Gasteiger partial charge on any atom is -0.372 e. The second-order valence-electron chi connectivity index (χ2n) is 4.56. The average Bonchev–Trinajstić information content (AvgIpc) is 2.31. The van der Waals surface area contributed by atoms with Crippen molar-refractivity contribution in [1.82, 2.24) is 0 Å². The van der Waals surface area contributed by atoms with E-state index in [1.807, 2.05) is 42.5 Å². The van der Waals surface area contributed by atoms with E-state index in [0.717, 1.165) is 18.8 Å². The van der Waals surface area contributed by atoms with Gasteiger partial charge >= 0.3 is 0 Å². The number of anilines is 1. The molecule has 1 aliphatic heterocycles. The summed E-state index contributed by atoms with van der Waals surface area (Å²) in [5.41, 5.74) is 1.14. The summed E-state index contributed by atoms with van der Waals surface area (Å²) in [7, 11) is 0. The highest BCUT2D eigenvalue weighted by Crippen LogP contribution is 2.26. The van der Waals surface area contributed by atoms with E-state index < -0.39 is 0 Å². The minimum atomic E-state index is -0.337. The van der Waals surface area contributed by atoms with Crippen molar-refractivity contribution in [3.63, 3.8) is 0 Å². The van der Waals surface area contributed by atoms with Crippen molar-refractivity contribution in [3.05, 3.63) is 27.1 Å². The lowest BCUT2D eigenvalue weighted by Gasteiger charge is -2.37. The molecule has 1 aliphatic rings. The highest BCUT2D eigenvalue weighted by atomic mass is 127. The number of rotatable bonds is 1. The van der Waals surface area contributed by atoms with Crippen LogP contribution in [-0.4, -0.2) is 25.3 Å². The van der Waals surface area contributed by atoms with Gasteiger partial charge in [0.05, 0.1) is 21.3 Å². The Labute approximate surface area is 120 Å². The van der Waals surface area contributed by atoms with E-state index in [0.29, 0.717) is 9.13 Å². The van der Waals surface area contributed by atoms with Crippen molar-refractivity contribution in [1.29, 1.82) is 5.26 Å². The fraction of sp³-hybridized carbons (Fsp3) is 0.462. The first-order valence-corrected chi connectivity index (χ1v) is 6.88. The van der Waals surface area contributed by atoms with Crippen molar-refractivity contribution in [3.8, 4) is 6.07 Å². The molecule has 1 aromatic rings. The topological polar surface area (TPSA) is 36.3 Å². The molecule has 96 valence electrons. The molecule has 2 atom stereocenters. The maximum atomic E-state index is 13.8. The van der Waals surface area contributed by atoms with E-state index in [9.17, 15) is 4.39 Å². The van der Waals surface area contributed by atoms with Crippen LogP contribution in [0.25, 0.3) is 0 Å². The Morgan fingerprint density at radius 1 is 1.39 bits per heavy atom. The number of ether oxygens (including phenoxy) is 1. The highest BCUT2D eigenvalue weighted by molar-refractivity contribution is 14.1. The van der Waals surface area contributed by atoms with Crippen LogP contribution in [0, 0.1) is 20.7 Å². The molecule has 0 radical (unpaired) electrons. The van der Waals surface area contributed by atoms with Crippen LogP contribution >= 0.6 is 22.6 Å². The second kappa shape index (κ2) is 5.41. The van der Waals surface area contributed by atoms with E-state index in [1.54, 1.807) is 6.07 Å². The summed E-state index contributed by atoms with van der Waals surface area (Å²) in [6.07, 6.45) is 0.225. The number of halogens is 2. The first-order chi connectivity index (χ1) is 8.51. The molecule has 0 amide bonds. The summed E-state index contributed by atoms with van der Waals surface area (Å²) in [5.74, 6) is -0.337. The minimum absolute atomic E-state index is 0.113. The van der Waals surface area contributed by atoms with E-state index in [-0.39, 0.29) is 18.0 Å². The fourth-order valence-electron chi connectivity index (χ4n) is 2.23. The molecule has 0 aliphatic carbocycles. The predicted molar refractivity (Wildman–Crippen MR) is 76.1 cm³/mol. The van der Waals surface area contributed by atoms with E-state index in [4.69, 9.17) is 10.00 Å². The largest absolute Gasteiger partial charge is 0.372 e. The molecular formula is C13H14FIN2O. The Morgan fingerprint density at radius 2 is 2.00 bits per heavy atom. The molecule has 0 saturated carbocycles. The second-order valence-corrected chi connectivity index (χ2v) is 5.64. The van der Waals surface area contributed by atoms with Gasteiger partial charge in [-0.3, -0.25) is 0 Å². The Balaban J connectivity index is 2.34. The number of morpholine rings is 1. The zero-order valence-electron chi connectivity index (χ0n) is 10.3. The molecule has 0 unspecified atom stereocenters. The number of benzene rings is 1. The van der Waals surface area contributed by atoms with Crippen molar-refractivity contribution in [2.45, 2.75) is 26.1 Å². The molecule has 0 aromatic heterocycles. The summed E-state index contributed by atoms with van der Waals surface area (Å²) < 4.78 is 19.8. The van der Waals surface area contributed by atoms with E-state index in [2.05, 4.69) is 4.90 Å². The maximum absolute atomic E-state index is 13.8. The first-order valence-electron chi connectivity index (χ1n) is 5.80. The molecule has 1 fully saturated rings. The third-order valence-electron chi connectivity index (χ3n) is 2.92. The molecule has 0 spiro atoms. The van der Waals surface area contributed by atoms with E-state index in [1.165, 1.54) is 6.07 Å². The Bertz CT molecular complexity index is 490. The van der Waals surface area contributed by atoms with Crippen LogP contribution in [0.15, 0.2) is 12.1 Å². The standard InChI is InChI=1S/C13H14FIN2O/c1-8-6-17(7-9(2)18-8)11-3-10(5-16)13(15)12(14)4-11/h3-4,8-9H,6-7H2,1-2H3/t8-,9+. The summed E-state index contributed by atoms with van der Waals surface area (Å²) >= 11 is 1.86. The zero-order valence-corrected chi connectivity index (χ0v) is 12.4. The lowest BCUT2D eigenvalue weighted by Crippen LogP contribution is -2.45. The third kappa shape index (κ3) is 2.75. The quantitative estimate of drug-likeness (QED) is 0.723. The smallest absolute Gasteiger partial charge is 0.139 e. The highest BCUT2D eigenvalue weighted by Gasteiger charge is 2.23. The Kier molecular flexibility index (Phi) is 4.07. The molecule has 0 N–H and O–H groups in total. The van der Waals surface area contributed by atoms with Crippen molar-refractivity contribution >= 4 is 28.3 Å². The number of nitriles is 1. The first kappa shape index (κ1) is 13.6. The van der Waals surface area contributed by atoms with Crippen LogP contribution in [0.1, 0.15) is 19.4 Å². The lowest BCUT2D eigenvalue weighted by atomic mass is 10.1. The molecule has 18 heavy (non-hydrogen) atoms.